The maximum absolute atomic E-state index is 14.3. The summed E-state index contributed by atoms with van der Waals surface area (Å²) in [4.78, 5) is 25.6. The Morgan fingerprint density at radius 3 is 2.43 bits per heavy atom. The van der Waals surface area contributed by atoms with E-state index in [1.807, 2.05) is 6.07 Å². The van der Waals surface area contributed by atoms with Crippen LogP contribution in [0, 0.1) is 52.3 Å². The van der Waals surface area contributed by atoms with Gasteiger partial charge in [-0.05, 0) is 104 Å². The molecule has 0 amide bonds. The molecule has 1 N–H and O–H groups in total. The molecule has 4 heteroatoms. The molecule has 4 aliphatic carbocycles. The highest BCUT2D eigenvalue weighted by Gasteiger charge is 2.65. The van der Waals surface area contributed by atoms with Crippen molar-refractivity contribution < 1.29 is 19.4 Å². The molecule has 5 rings (SSSR count). The molecule has 0 heterocycles. The third-order valence-electron chi connectivity index (χ3n) is 12.0. The number of hydrogen-bond acceptors (Lipinski definition) is 3. The lowest BCUT2D eigenvalue weighted by Crippen LogP contribution is -2.60. The Labute approximate surface area is 223 Å². The summed E-state index contributed by atoms with van der Waals surface area (Å²) in [6.07, 6.45) is 10.1. The number of carboxylic acid groups (broad SMARTS) is 1. The second-order valence-corrected chi connectivity index (χ2v) is 13.6. The Balaban J connectivity index is 1.34. The Morgan fingerprint density at radius 2 is 1.73 bits per heavy atom. The SMILES string of the molecule is CC[C@H]1C(=O)[C@@H]2[C@H](CC[C@]3(C)[C@@H]([C@H](C)CCC(=O)O)CC[C@@H]23)[C@@]2(C)CC[C@@H](OCc3ccccc3)C[C@@H]12. The van der Waals surface area contributed by atoms with Crippen LogP contribution in [0.15, 0.2) is 30.3 Å². The minimum atomic E-state index is -0.689. The van der Waals surface area contributed by atoms with E-state index in [1.165, 1.54) is 18.4 Å². The second-order valence-electron chi connectivity index (χ2n) is 13.6. The molecule has 10 atom stereocenters. The highest BCUT2D eigenvalue weighted by molar-refractivity contribution is 5.86. The number of fused-ring (bicyclic) bond motifs is 5. The molecule has 4 aliphatic rings. The smallest absolute Gasteiger partial charge is 0.303 e. The third kappa shape index (κ3) is 4.70. The minimum absolute atomic E-state index is 0.153. The number of ether oxygens (including phenoxy) is 1. The molecule has 0 spiro atoms. The van der Waals surface area contributed by atoms with Crippen LogP contribution in [0.25, 0.3) is 0 Å². The molecule has 0 saturated heterocycles. The lowest BCUT2D eigenvalue weighted by molar-refractivity contribution is -0.176. The molecule has 4 saturated carbocycles. The average molecular weight is 509 g/mol. The molecule has 1 aromatic carbocycles. The molecule has 4 fully saturated rings. The van der Waals surface area contributed by atoms with E-state index >= 15 is 0 Å². The number of carbonyl (C=O) groups is 2. The quantitative estimate of drug-likeness (QED) is 0.394. The Hall–Kier alpha value is -1.68. The number of rotatable bonds is 8. The molecule has 0 radical (unpaired) electrons. The van der Waals surface area contributed by atoms with Crippen LogP contribution in [0.2, 0.25) is 0 Å². The van der Waals surface area contributed by atoms with Gasteiger partial charge in [-0.2, -0.15) is 0 Å². The number of hydrogen-bond donors (Lipinski definition) is 1. The highest BCUT2D eigenvalue weighted by Crippen LogP contribution is 2.68. The van der Waals surface area contributed by atoms with E-state index in [0.29, 0.717) is 42.0 Å². The van der Waals surface area contributed by atoms with Gasteiger partial charge in [0.2, 0.25) is 0 Å². The van der Waals surface area contributed by atoms with Crippen molar-refractivity contribution in [3.05, 3.63) is 35.9 Å². The van der Waals surface area contributed by atoms with E-state index in [1.54, 1.807) is 0 Å². The molecular weight excluding hydrogens is 460 g/mol. The largest absolute Gasteiger partial charge is 0.481 e. The van der Waals surface area contributed by atoms with Crippen LogP contribution in [0.5, 0.6) is 0 Å². The third-order valence-corrected chi connectivity index (χ3v) is 12.0. The first kappa shape index (κ1) is 26.9. The number of carbonyl (C=O) groups excluding carboxylic acids is 1. The lowest BCUT2D eigenvalue weighted by Gasteiger charge is -2.62. The van der Waals surface area contributed by atoms with Crippen molar-refractivity contribution in [2.45, 2.75) is 105 Å². The highest BCUT2D eigenvalue weighted by atomic mass is 16.5. The van der Waals surface area contributed by atoms with Crippen molar-refractivity contribution in [1.82, 2.24) is 0 Å². The number of carboxylic acids is 1. The Kier molecular flexibility index (Phi) is 7.62. The van der Waals surface area contributed by atoms with Crippen molar-refractivity contribution in [1.29, 1.82) is 0 Å². The number of ketones is 1. The summed E-state index contributed by atoms with van der Waals surface area (Å²) in [5.74, 6) is 2.56. The fourth-order valence-electron chi connectivity index (χ4n) is 10.1. The van der Waals surface area contributed by atoms with Gasteiger partial charge in [-0.25, -0.2) is 0 Å². The van der Waals surface area contributed by atoms with E-state index in [4.69, 9.17) is 4.74 Å². The molecule has 0 bridgehead atoms. The van der Waals surface area contributed by atoms with Crippen LogP contribution in [-0.2, 0) is 20.9 Å². The maximum Gasteiger partial charge on any atom is 0.303 e. The summed E-state index contributed by atoms with van der Waals surface area (Å²) < 4.78 is 6.44. The van der Waals surface area contributed by atoms with Gasteiger partial charge in [0.25, 0.3) is 0 Å². The fourth-order valence-corrected chi connectivity index (χ4v) is 10.1. The zero-order chi connectivity index (χ0) is 26.4. The van der Waals surface area contributed by atoms with E-state index in [0.717, 1.165) is 44.9 Å². The van der Waals surface area contributed by atoms with Gasteiger partial charge in [-0.1, -0.05) is 58.0 Å². The molecular formula is C33H48O4. The predicted octanol–water partition coefficient (Wildman–Crippen LogP) is 7.55. The maximum atomic E-state index is 14.3. The number of benzene rings is 1. The van der Waals surface area contributed by atoms with Crippen molar-refractivity contribution >= 4 is 11.8 Å². The van der Waals surface area contributed by atoms with Gasteiger partial charge in [-0.15, -0.1) is 0 Å². The summed E-state index contributed by atoms with van der Waals surface area (Å²) in [7, 11) is 0. The minimum Gasteiger partial charge on any atom is -0.481 e. The van der Waals surface area contributed by atoms with Gasteiger partial charge in [0, 0.05) is 18.3 Å². The number of Topliss-reactive ketones (excluding diaryl/α,β-unsaturated/α-hetero) is 1. The van der Waals surface area contributed by atoms with E-state index in [9.17, 15) is 14.7 Å². The normalized spacial score (nSPS) is 41.9. The van der Waals surface area contributed by atoms with Crippen LogP contribution in [0.4, 0.5) is 0 Å². The van der Waals surface area contributed by atoms with Crippen molar-refractivity contribution in [2.24, 2.45) is 52.3 Å². The fraction of sp³-hybridized carbons (Fsp3) is 0.758. The average Bonchev–Trinajstić information content (AvgIpc) is 3.24. The molecule has 0 aromatic heterocycles. The second kappa shape index (κ2) is 10.5. The Morgan fingerprint density at radius 1 is 1.03 bits per heavy atom. The van der Waals surface area contributed by atoms with Gasteiger partial charge in [0.1, 0.15) is 5.78 Å². The van der Waals surface area contributed by atoms with E-state index < -0.39 is 5.97 Å². The van der Waals surface area contributed by atoms with Crippen LogP contribution in [0.1, 0.15) is 97.5 Å². The van der Waals surface area contributed by atoms with Gasteiger partial charge in [0.15, 0.2) is 0 Å². The summed E-state index contributed by atoms with van der Waals surface area (Å²) in [5.41, 5.74) is 1.62. The summed E-state index contributed by atoms with van der Waals surface area (Å²) in [6, 6.07) is 10.5. The summed E-state index contributed by atoms with van der Waals surface area (Å²) >= 11 is 0. The van der Waals surface area contributed by atoms with E-state index in [-0.39, 0.29) is 35.2 Å². The molecule has 0 aliphatic heterocycles. The zero-order valence-electron chi connectivity index (χ0n) is 23.5. The van der Waals surface area contributed by atoms with Gasteiger partial charge in [0.05, 0.1) is 12.7 Å². The van der Waals surface area contributed by atoms with Crippen molar-refractivity contribution in [3.63, 3.8) is 0 Å². The van der Waals surface area contributed by atoms with Crippen LogP contribution < -0.4 is 0 Å². The topological polar surface area (TPSA) is 63.6 Å². The standard InChI is InChI=1S/C33H48O4/c1-5-24-28-19-23(37-20-22-9-7-6-8-10-22)15-17-33(28,4)27-16-18-32(3)25(21(2)11-14-29(34)35)12-13-26(32)30(27)31(24)36/h6-10,21,23-28,30H,5,11-20H2,1-4H3,(H,34,35)/t21-,23-,24-,25-,26+,27+,28+,30+,32-,33-/m1/s1. The van der Waals surface area contributed by atoms with Crippen LogP contribution >= 0.6 is 0 Å². The first-order valence-electron chi connectivity index (χ1n) is 15.1. The monoisotopic (exact) mass is 508 g/mol. The molecule has 37 heavy (non-hydrogen) atoms. The Bertz CT molecular complexity index is 974. The van der Waals surface area contributed by atoms with Crippen molar-refractivity contribution in [2.75, 3.05) is 0 Å². The zero-order valence-corrected chi connectivity index (χ0v) is 23.5. The van der Waals surface area contributed by atoms with Crippen LogP contribution in [-0.4, -0.2) is 23.0 Å². The summed E-state index contributed by atoms with van der Waals surface area (Å²) in [5, 5.41) is 9.24. The van der Waals surface area contributed by atoms with Gasteiger partial charge in [-0.3, -0.25) is 9.59 Å². The lowest BCUT2D eigenvalue weighted by atomic mass is 9.42. The molecule has 204 valence electrons. The molecule has 4 nitrogen and oxygen atoms in total. The number of aliphatic carboxylic acids is 1. The predicted molar refractivity (Wildman–Crippen MR) is 146 cm³/mol. The first-order chi connectivity index (χ1) is 17.7. The summed E-state index contributed by atoms with van der Waals surface area (Å²) in [6.45, 7) is 10.1. The van der Waals surface area contributed by atoms with E-state index in [2.05, 4.69) is 52.0 Å². The van der Waals surface area contributed by atoms with Crippen molar-refractivity contribution in [3.8, 4) is 0 Å². The first-order valence-corrected chi connectivity index (χ1v) is 15.1. The molecule has 0 unspecified atom stereocenters. The van der Waals surface area contributed by atoms with Crippen LogP contribution in [0.3, 0.4) is 0 Å². The van der Waals surface area contributed by atoms with Gasteiger partial charge >= 0.3 is 5.97 Å². The molecule has 1 aromatic rings. The van der Waals surface area contributed by atoms with Gasteiger partial charge < -0.3 is 9.84 Å².